The number of fused-ring (bicyclic) bond motifs is 1. The number of carbonyl (C=O) groups is 1. The highest BCUT2D eigenvalue weighted by molar-refractivity contribution is 5.95. The molecular weight excluding hydrogens is 386 g/mol. The summed E-state index contributed by atoms with van der Waals surface area (Å²) < 4.78 is 11.1. The second-order valence-corrected chi connectivity index (χ2v) is 7.38. The van der Waals surface area contributed by atoms with E-state index in [1.807, 2.05) is 4.90 Å². The van der Waals surface area contributed by atoms with Gasteiger partial charge in [0.05, 0.1) is 12.7 Å². The van der Waals surface area contributed by atoms with Crippen LogP contribution in [0.25, 0.3) is 11.5 Å². The van der Waals surface area contributed by atoms with Crippen LogP contribution in [-0.4, -0.2) is 67.3 Å². The number of piperidine rings is 1. The molecule has 1 aromatic carbocycles. The molecule has 1 saturated heterocycles. The van der Waals surface area contributed by atoms with Gasteiger partial charge < -0.3 is 14.4 Å². The summed E-state index contributed by atoms with van der Waals surface area (Å²) in [6.07, 6.45) is 6.75. The standard InChI is InChI=1S/C20H21N7O3/c28-20(15-3-4-17-18(10-15)30-9-8-29-17)26-7-1-2-14(12-26)13-27-24-19(23-25-27)16-11-21-5-6-22-16/h3-6,10-11,14H,1-2,7-9,12-13H2/t14-/m0/s1. The third-order valence-corrected chi connectivity index (χ3v) is 5.26. The topological polar surface area (TPSA) is 108 Å². The Kier molecular flexibility index (Phi) is 4.96. The van der Waals surface area contributed by atoms with E-state index in [0.717, 1.165) is 19.4 Å². The van der Waals surface area contributed by atoms with E-state index in [9.17, 15) is 4.79 Å². The Balaban J connectivity index is 1.25. The number of benzene rings is 1. The van der Waals surface area contributed by atoms with Gasteiger partial charge in [0.25, 0.3) is 5.91 Å². The average molecular weight is 407 g/mol. The maximum absolute atomic E-state index is 13.0. The van der Waals surface area contributed by atoms with Crippen LogP contribution in [0.5, 0.6) is 11.5 Å². The molecule has 10 heteroatoms. The van der Waals surface area contributed by atoms with Crippen LogP contribution < -0.4 is 9.47 Å². The monoisotopic (exact) mass is 407 g/mol. The highest BCUT2D eigenvalue weighted by Gasteiger charge is 2.26. The smallest absolute Gasteiger partial charge is 0.254 e. The Morgan fingerprint density at radius 1 is 1.17 bits per heavy atom. The van der Waals surface area contributed by atoms with Gasteiger partial charge in [-0.25, -0.2) is 4.98 Å². The van der Waals surface area contributed by atoms with Crippen molar-refractivity contribution in [3.63, 3.8) is 0 Å². The number of carbonyl (C=O) groups excluding carboxylic acids is 1. The summed E-state index contributed by atoms with van der Waals surface area (Å²) in [4.78, 5) is 24.7. The van der Waals surface area contributed by atoms with Crippen LogP contribution in [0.4, 0.5) is 0 Å². The molecule has 2 aromatic heterocycles. The molecule has 1 amide bonds. The van der Waals surface area contributed by atoms with Gasteiger partial charge in [0.2, 0.25) is 5.82 Å². The molecule has 1 atom stereocenters. The van der Waals surface area contributed by atoms with Crippen LogP contribution >= 0.6 is 0 Å². The zero-order chi connectivity index (χ0) is 20.3. The maximum Gasteiger partial charge on any atom is 0.254 e. The molecule has 0 radical (unpaired) electrons. The van der Waals surface area contributed by atoms with Crippen LogP contribution in [0.2, 0.25) is 0 Å². The van der Waals surface area contributed by atoms with Crippen LogP contribution in [0.15, 0.2) is 36.8 Å². The predicted molar refractivity (Wildman–Crippen MR) is 105 cm³/mol. The predicted octanol–water partition coefficient (Wildman–Crippen LogP) is 1.45. The van der Waals surface area contributed by atoms with Crippen LogP contribution in [0.1, 0.15) is 23.2 Å². The lowest BCUT2D eigenvalue weighted by Gasteiger charge is -2.32. The molecule has 30 heavy (non-hydrogen) atoms. The van der Waals surface area contributed by atoms with Gasteiger partial charge in [-0.2, -0.15) is 4.80 Å². The van der Waals surface area contributed by atoms with Crippen LogP contribution in [-0.2, 0) is 6.54 Å². The number of aromatic nitrogens is 6. The molecule has 1 fully saturated rings. The molecule has 0 aliphatic carbocycles. The molecule has 0 bridgehead atoms. The molecule has 0 saturated carbocycles. The molecule has 2 aliphatic heterocycles. The Morgan fingerprint density at radius 2 is 2.07 bits per heavy atom. The van der Waals surface area contributed by atoms with E-state index in [1.165, 1.54) is 0 Å². The van der Waals surface area contributed by atoms with Gasteiger partial charge in [-0.05, 0) is 42.2 Å². The molecule has 0 spiro atoms. The Labute approximate surface area is 172 Å². The second-order valence-electron chi connectivity index (χ2n) is 7.38. The van der Waals surface area contributed by atoms with Crippen molar-refractivity contribution in [3.05, 3.63) is 42.4 Å². The molecule has 2 aliphatic rings. The number of hydrogen-bond acceptors (Lipinski definition) is 8. The van der Waals surface area contributed by atoms with Crippen molar-refractivity contribution in [3.8, 4) is 23.0 Å². The Hall–Kier alpha value is -3.56. The lowest BCUT2D eigenvalue weighted by atomic mass is 9.97. The van der Waals surface area contributed by atoms with Gasteiger partial charge in [0.1, 0.15) is 18.9 Å². The van der Waals surface area contributed by atoms with E-state index in [2.05, 4.69) is 25.4 Å². The summed E-state index contributed by atoms with van der Waals surface area (Å²) >= 11 is 0. The van der Waals surface area contributed by atoms with Gasteiger partial charge in [0.15, 0.2) is 11.5 Å². The van der Waals surface area contributed by atoms with Crippen molar-refractivity contribution < 1.29 is 14.3 Å². The van der Waals surface area contributed by atoms with Gasteiger partial charge in [0, 0.05) is 31.0 Å². The van der Waals surface area contributed by atoms with E-state index in [4.69, 9.17) is 9.47 Å². The van der Waals surface area contributed by atoms with Crippen molar-refractivity contribution in [1.82, 2.24) is 35.1 Å². The fourth-order valence-electron chi connectivity index (χ4n) is 3.83. The largest absolute Gasteiger partial charge is 0.486 e. The summed E-state index contributed by atoms with van der Waals surface area (Å²) in [7, 11) is 0. The van der Waals surface area contributed by atoms with Crippen LogP contribution in [0.3, 0.4) is 0 Å². The summed E-state index contributed by atoms with van der Waals surface area (Å²) in [5.41, 5.74) is 1.20. The number of ether oxygens (including phenoxy) is 2. The first-order valence-corrected chi connectivity index (χ1v) is 9.99. The Morgan fingerprint density at radius 3 is 2.93 bits per heavy atom. The first-order valence-electron chi connectivity index (χ1n) is 9.99. The summed E-state index contributed by atoms with van der Waals surface area (Å²) in [5, 5.41) is 12.6. The fourth-order valence-corrected chi connectivity index (χ4v) is 3.83. The molecule has 0 N–H and O–H groups in total. The van der Waals surface area contributed by atoms with E-state index >= 15 is 0 Å². The zero-order valence-corrected chi connectivity index (χ0v) is 16.3. The normalized spacial score (nSPS) is 18.3. The number of rotatable bonds is 4. The van der Waals surface area contributed by atoms with Crippen molar-refractivity contribution >= 4 is 5.91 Å². The van der Waals surface area contributed by atoms with E-state index in [0.29, 0.717) is 54.9 Å². The Bertz CT molecular complexity index is 1040. The molecule has 0 unspecified atom stereocenters. The summed E-state index contributed by atoms with van der Waals surface area (Å²) in [6.45, 7) is 3.01. The van der Waals surface area contributed by atoms with Gasteiger partial charge >= 0.3 is 0 Å². The highest BCUT2D eigenvalue weighted by atomic mass is 16.6. The number of likely N-dealkylation sites (tertiary alicyclic amines) is 1. The third kappa shape index (κ3) is 3.80. The molecular formula is C20H21N7O3. The van der Waals surface area contributed by atoms with Crippen molar-refractivity contribution in [1.29, 1.82) is 0 Å². The minimum Gasteiger partial charge on any atom is -0.486 e. The van der Waals surface area contributed by atoms with Crippen molar-refractivity contribution in [2.45, 2.75) is 19.4 Å². The third-order valence-electron chi connectivity index (χ3n) is 5.26. The number of amides is 1. The summed E-state index contributed by atoms with van der Waals surface area (Å²) in [5.74, 6) is 2.02. The quantitative estimate of drug-likeness (QED) is 0.639. The molecule has 4 heterocycles. The molecule has 154 valence electrons. The minimum absolute atomic E-state index is 0.00321. The summed E-state index contributed by atoms with van der Waals surface area (Å²) in [6, 6.07) is 5.37. The van der Waals surface area contributed by atoms with Crippen LogP contribution in [0, 0.1) is 5.92 Å². The SMILES string of the molecule is O=C(c1ccc2c(c1)OCCO2)N1CCC[C@H](Cn2nnc(-c3cnccn3)n2)C1. The lowest BCUT2D eigenvalue weighted by Crippen LogP contribution is -2.41. The van der Waals surface area contributed by atoms with Gasteiger partial charge in [-0.15, -0.1) is 10.2 Å². The average Bonchev–Trinajstić information content (AvgIpc) is 3.27. The van der Waals surface area contributed by atoms with E-state index in [1.54, 1.807) is 41.6 Å². The second kappa shape index (κ2) is 8.05. The number of hydrogen-bond donors (Lipinski definition) is 0. The first-order chi connectivity index (χ1) is 14.8. The minimum atomic E-state index is 0.00321. The number of nitrogens with zero attached hydrogens (tertiary/aromatic N) is 7. The van der Waals surface area contributed by atoms with Gasteiger partial charge in [-0.3, -0.25) is 9.78 Å². The van der Waals surface area contributed by atoms with Crippen molar-refractivity contribution in [2.75, 3.05) is 26.3 Å². The molecule has 5 rings (SSSR count). The van der Waals surface area contributed by atoms with Gasteiger partial charge in [-0.1, -0.05) is 0 Å². The molecule has 3 aromatic rings. The van der Waals surface area contributed by atoms with Crippen molar-refractivity contribution in [2.24, 2.45) is 5.92 Å². The lowest BCUT2D eigenvalue weighted by molar-refractivity contribution is 0.0655. The fraction of sp³-hybridized carbons (Fsp3) is 0.400. The van der Waals surface area contributed by atoms with E-state index in [-0.39, 0.29) is 11.8 Å². The first kappa shape index (κ1) is 18.5. The molecule has 10 nitrogen and oxygen atoms in total. The maximum atomic E-state index is 13.0. The number of tetrazole rings is 1. The highest BCUT2D eigenvalue weighted by Crippen LogP contribution is 2.31. The zero-order valence-electron chi connectivity index (χ0n) is 16.3. The van der Waals surface area contributed by atoms with E-state index < -0.39 is 0 Å².